The second-order valence-corrected chi connectivity index (χ2v) is 9.13. The SMILES string of the molecule is C/C(=N\NC(=O)CCc1ccc(S(=O)(=O)N2CCOCC2)cc1)c1ccc([N+](=O)[O-])cc1. The highest BCUT2D eigenvalue weighted by atomic mass is 32.2. The highest BCUT2D eigenvalue weighted by molar-refractivity contribution is 7.89. The Morgan fingerprint density at radius 3 is 2.34 bits per heavy atom. The zero-order valence-corrected chi connectivity index (χ0v) is 18.4. The molecule has 1 N–H and O–H groups in total. The number of rotatable bonds is 8. The number of hydrogen-bond donors (Lipinski definition) is 1. The Morgan fingerprint density at radius 2 is 1.75 bits per heavy atom. The van der Waals surface area contributed by atoms with Crippen molar-refractivity contribution in [3.05, 3.63) is 69.8 Å². The van der Waals surface area contributed by atoms with Crippen LogP contribution in [0.25, 0.3) is 0 Å². The molecule has 0 radical (unpaired) electrons. The van der Waals surface area contributed by atoms with Crippen LogP contribution < -0.4 is 5.43 Å². The smallest absolute Gasteiger partial charge is 0.269 e. The maximum Gasteiger partial charge on any atom is 0.269 e. The first-order chi connectivity index (χ1) is 15.3. The van der Waals surface area contributed by atoms with Gasteiger partial charge in [0.2, 0.25) is 15.9 Å². The van der Waals surface area contributed by atoms with Crippen LogP contribution >= 0.6 is 0 Å². The number of carbonyl (C=O) groups excluding carboxylic acids is 1. The number of nitro benzene ring substituents is 1. The minimum atomic E-state index is -3.54. The third kappa shape index (κ3) is 5.96. The van der Waals surface area contributed by atoms with E-state index in [1.807, 2.05) is 0 Å². The Kier molecular flexibility index (Phi) is 7.67. The molecular formula is C21H24N4O6S. The Hall–Kier alpha value is -3.15. The Morgan fingerprint density at radius 1 is 1.12 bits per heavy atom. The zero-order valence-electron chi connectivity index (χ0n) is 17.6. The number of nitrogens with zero attached hydrogens (tertiary/aromatic N) is 3. The van der Waals surface area contributed by atoms with Crippen molar-refractivity contribution in [1.82, 2.24) is 9.73 Å². The first-order valence-corrected chi connectivity index (χ1v) is 11.5. The predicted octanol–water partition coefficient (Wildman–Crippen LogP) is 2.09. The maximum absolute atomic E-state index is 12.6. The Labute approximate surface area is 186 Å². The molecule has 1 aliphatic rings. The van der Waals surface area contributed by atoms with Crippen molar-refractivity contribution in [2.24, 2.45) is 5.10 Å². The molecule has 1 fully saturated rings. The van der Waals surface area contributed by atoms with Crippen LogP contribution in [0.3, 0.4) is 0 Å². The van der Waals surface area contributed by atoms with Gasteiger partial charge >= 0.3 is 0 Å². The number of carbonyl (C=O) groups is 1. The molecule has 0 aromatic heterocycles. The third-order valence-electron chi connectivity index (χ3n) is 5.02. The van der Waals surface area contributed by atoms with Gasteiger partial charge in [-0.05, 0) is 48.7 Å². The van der Waals surface area contributed by atoms with Crippen molar-refractivity contribution in [2.75, 3.05) is 26.3 Å². The van der Waals surface area contributed by atoms with E-state index < -0.39 is 14.9 Å². The molecule has 0 unspecified atom stereocenters. The molecule has 0 atom stereocenters. The van der Waals surface area contributed by atoms with Crippen molar-refractivity contribution in [3.8, 4) is 0 Å². The number of benzene rings is 2. The van der Waals surface area contributed by atoms with Gasteiger partial charge in [0.25, 0.3) is 5.69 Å². The normalized spacial score (nSPS) is 15.3. The molecule has 32 heavy (non-hydrogen) atoms. The van der Waals surface area contributed by atoms with E-state index in [2.05, 4.69) is 10.5 Å². The maximum atomic E-state index is 12.6. The molecule has 170 valence electrons. The van der Waals surface area contributed by atoms with E-state index in [0.717, 1.165) is 5.56 Å². The van der Waals surface area contributed by atoms with Gasteiger partial charge in [0.15, 0.2) is 0 Å². The average molecular weight is 461 g/mol. The lowest BCUT2D eigenvalue weighted by atomic mass is 10.1. The molecule has 0 saturated carbocycles. The lowest BCUT2D eigenvalue weighted by Crippen LogP contribution is -2.40. The molecular weight excluding hydrogens is 436 g/mol. The van der Waals surface area contributed by atoms with Gasteiger partial charge in [-0.15, -0.1) is 0 Å². The van der Waals surface area contributed by atoms with Crippen LogP contribution in [0, 0.1) is 10.1 Å². The fourth-order valence-electron chi connectivity index (χ4n) is 3.11. The van der Waals surface area contributed by atoms with Gasteiger partial charge in [0.1, 0.15) is 0 Å². The minimum absolute atomic E-state index is 0.0191. The minimum Gasteiger partial charge on any atom is -0.379 e. The number of aryl methyl sites for hydroxylation is 1. The summed E-state index contributed by atoms with van der Waals surface area (Å²) in [4.78, 5) is 22.5. The molecule has 1 aliphatic heterocycles. The highest BCUT2D eigenvalue weighted by Gasteiger charge is 2.26. The summed E-state index contributed by atoms with van der Waals surface area (Å²) in [6.45, 7) is 3.14. The fourth-order valence-corrected chi connectivity index (χ4v) is 4.52. The van der Waals surface area contributed by atoms with E-state index in [-0.39, 0.29) is 22.9 Å². The van der Waals surface area contributed by atoms with E-state index in [9.17, 15) is 23.3 Å². The van der Waals surface area contributed by atoms with Crippen LogP contribution in [0.1, 0.15) is 24.5 Å². The monoisotopic (exact) mass is 460 g/mol. The summed E-state index contributed by atoms with van der Waals surface area (Å²) in [5, 5.41) is 14.7. The highest BCUT2D eigenvalue weighted by Crippen LogP contribution is 2.18. The molecule has 1 saturated heterocycles. The van der Waals surface area contributed by atoms with Gasteiger partial charge in [-0.3, -0.25) is 14.9 Å². The average Bonchev–Trinajstić information content (AvgIpc) is 2.82. The molecule has 11 heteroatoms. The zero-order chi connectivity index (χ0) is 23.1. The number of morpholine rings is 1. The van der Waals surface area contributed by atoms with E-state index in [1.54, 1.807) is 43.3 Å². The standard InChI is InChI=1S/C21H24N4O6S/c1-16(18-5-7-19(8-6-18)25(27)28)22-23-21(26)11-4-17-2-9-20(10-3-17)32(29,30)24-12-14-31-15-13-24/h2-3,5-10H,4,11-15H2,1H3,(H,23,26)/b22-16+. The van der Waals surface area contributed by atoms with Gasteiger partial charge in [-0.1, -0.05) is 12.1 Å². The number of hydrazone groups is 1. The van der Waals surface area contributed by atoms with Crippen LogP contribution in [0.2, 0.25) is 0 Å². The number of ether oxygens (including phenoxy) is 1. The molecule has 0 spiro atoms. The summed E-state index contributed by atoms with van der Waals surface area (Å²) >= 11 is 0. The van der Waals surface area contributed by atoms with E-state index in [4.69, 9.17) is 4.74 Å². The Balaban J connectivity index is 1.52. The van der Waals surface area contributed by atoms with Gasteiger partial charge in [0.05, 0.1) is 28.7 Å². The molecule has 3 rings (SSSR count). The summed E-state index contributed by atoms with van der Waals surface area (Å²) in [5.74, 6) is -0.295. The molecule has 2 aromatic rings. The van der Waals surface area contributed by atoms with Crippen LogP contribution in [0.15, 0.2) is 58.5 Å². The van der Waals surface area contributed by atoms with Gasteiger partial charge in [0, 0.05) is 31.6 Å². The summed E-state index contributed by atoms with van der Waals surface area (Å²) in [5.41, 5.74) is 4.46. The van der Waals surface area contributed by atoms with Crippen molar-refractivity contribution < 1.29 is 22.9 Å². The summed E-state index contributed by atoms with van der Waals surface area (Å²) in [6, 6.07) is 12.4. The third-order valence-corrected chi connectivity index (χ3v) is 6.93. The Bertz CT molecular complexity index is 1090. The van der Waals surface area contributed by atoms with E-state index >= 15 is 0 Å². The summed E-state index contributed by atoms with van der Waals surface area (Å²) in [7, 11) is -3.54. The van der Waals surface area contributed by atoms with Crippen molar-refractivity contribution >= 4 is 27.3 Å². The second-order valence-electron chi connectivity index (χ2n) is 7.20. The molecule has 0 bridgehead atoms. The quantitative estimate of drug-likeness (QED) is 0.365. The van der Waals surface area contributed by atoms with Crippen molar-refractivity contribution in [3.63, 3.8) is 0 Å². The van der Waals surface area contributed by atoms with Crippen LogP contribution in [0.4, 0.5) is 5.69 Å². The molecule has 0 aliphatic carbocycles. The molecule has 1 heterocycles. The topological polar surface area (TPSA) is 131 Å². The van der Waals surface area contributed by atoms with Gasteiger partial charge < -0.3 is 4.74 Å². The van der Waals surface area contributed by atoms with E-state index in [0.29, 0.717) is 44.0 Å². The molecule has 2 aromatic carbocycles. The van der Waals surface area contributed by atoms with Gasteiger partial charge in [-0.2, -0.15) is 9.41 Å². The predicted molar refractivity (Wildman–Crippen MR) is 118 cm³/mol. The lowest BCUT2D eigenvalue weighted by Gasteiger charge is -2.26. The van der Waals surface area contributed by atoms with Crippen LogP contribution in [0.5, 0.6) is 0 Å². The number of hydrogen-bond acceptors (Lipinski definition) is 7. The number of amides is 1. The summed E-state index contributed by atoms with van der Waals surface area (Å²) in [6.07, 6.45) is 0.600. The second kappa shape index (κ2) is 10.4. The van der Waals surface area contributed by atoms with Crippen molar-refractivity contribution in [1.29, 1.82) is 0 Å². The van der Waals surface area contributed by atoms with E-state index in [1.165, 1.54) is 16.4 Å². The van der Waals surface area contributed by atoms with Crippen LogP contribution in [-0.2, 0) is 26.0 Å². The van der Waals surface area contributed by atoms with Crippen molar-refractivity contribution in [2.45, 2.75) is 24.7 Å². The number of nitrogens with one attached hydrogen (secondary N) is 1. The first kappa shape index (κ1) is 23.5. The number of sulfonamides is 1. The van der Waals surface area contributed by atoms with Gasteiger partial charge in [-0.25, -0.2) is 13.8 Å². The number of nitro groups is 1. The van der Waals surface area contributed by atoms with Crippen LogP contribution in [-0.4, -0.2) is 55.6 Å². The molecule has 1 amide bonds. The molecule has 10 nitrogen and oxygen atoms in total. The largest absolute Gasteiger partial charge is 0.379 e. The lowest BCUT2D eigenvalue weighted by molar-refractivity contribution is -0.384. The first-order valence-electron chi connectivity index (χ1n) is 10.0. The summed E-state index contributed by atoms with van der Waals surface area (Å²) < 4.78 is 31.9. The fraction of sp³-hybridized carbons (Fsp3) is 0.333. The number of non-ortho nitro benzene ring substituents is 1.